The first kappa shape index (κ1) is 11.6. The number of alkyl halides is 1. The fourth-order valence-electron chi connectivity index (χ4n) is 0.738. The van der Waals surface area contributed by atoms with Gasteiger partial charge in [-0.25, -0.2) is 0 Å². The van der Waals surface area contributed by atoms with E-state index in [1.54, 1.807) is 0 Å². The van der Waals surface area contributed by atoms with Gasteiger partial charge in [0.2, 0.25) is 0 Å². The van der Waals surface area contributed by atoms with Crippen molar-refractivity contribution in [3.05, 3.63) is 0 Å². The lowest BCUT2D eigenvalue weighted by Gasteiger charge is -1.98. The van der Waals surface area contributed by atoms with Gasteiger partial charge in [0.05, 0.1) is 7.11 Å². The number of halogens is 1. The van der Waals surface area contributed by atoms with Gasteiger partial charge in [-0.2, -0.15) is 0 Å². The van der Waals surface area contributed by atoms with Crippen LogP contribution in [0.2, 0.25) is 0 Å². The average Bonchev–Trinajstić information content (AvgIpc) is 2.05. The quantitative estimate of drug-likeness (QED) is 0.305. The molecule has 0 fully saturated rings. The SMILES string of the molecule is COC(=O)CC(=O)CCCCBr. The van der Waals surface area contributed by atoms with Crippen LogP contribution < -0.4 is 0 Å². The zero-order chi connectivity index (χ0) is 9.40. The van der Waals surface area contributed by atoms with Gasteiger partial charge in [0, 0.05) is 11.8 Å². The van der Waals surface area contributed by atoms with Crippen LogP contribution >= 0.6 is 15.9 Å². The van der Waals surface area contributed by atoms with Gasteiger partial charge in [-0.3, -0.25) is 9.59 Å². The highest BCUT2D eigenvalue weighted by atomic mass is 79.9. The number of unbranched alkanes of at least 4 members (excludes halogenated alkanes) is 1. The van der Waals surface area contributed by atoms with E-state index in [9.17, 15) is 9.59 Å². The highest BCUT2D eigenvalue weighted by Crippen LogP contribution is 2.01. The van der Waals surface area contributed by atoms with Crippen molar-refractivity contribution in [2.24, 2.45) is 0 Å². The van der Waals surface area contributed by atoms with Gasteiger partial charge in [-0.05, 0) is 12.8 Å². The number of hydrogen-bond donors (Lipinski definition) is 0. The molecule has 0 saturated heterocycles. The van der Waals surface area contributed by atoms with Crippen LogP contribution in [0.25, 0.3) is 0 Å². The van der Waals surface area contributed by atoms with Crippen LogP contribution in [0.15, 0.2) is 0 Å². The third kappa shape index (κ3) is 6.34. The molecule has 70 valence electrons. The van der Waals surface area contributed by atoms with Gasteiger partial charge in [-0.1, -0.05) is 15.9 Å². The highest BCUT2D eigenvalue weighted by molar-refractivity contribution is 9.09. The van der Waals surface area contributed by atoms with E-state index in [1.807, 2.05) is 0 Å². The molecule has 0 atom stereocenters. The molecule has 0 N–H and O–H groups in total. The Hall–Kier alpha value is -0.380. The molecule has 0 aromatic rings. The molecule has 0 saturated carbocycles. The second kappa shape index (κ2) is 7.28. The van der Waals surface area contributed by atoms with Gasteiger partial charge in [-0.15, -0.1) is 0 Å². The molecule has 0 amide bonds. The summed E-state index contributed by atoms with van der Waals surface area (Å²) in [7, 11) is 1.29. The maximum atomic E-state index is 11.0. The number of ketones is 1. The summed E-state index contributed by atoms with van der Waals surface area (Å²) < 4.78 is 4.36. The second-order valence-corrected chi connectivity index (χ2v) is 3.23. The molecular formula is C8H13BrO3. The van der Waals surface area contributed by atoms with Crippen LogP contribution in [0, 0.1) is 0 Å². The molecule has 0 radical (unpaired) electrons. The van der Waals surface area contributed by atoms with E-state index in [-0.39, 0.29) is 12.2 Å². The minimum Gasteiger partial charge on any atom is -0.469 e. The van der Waals surface area contributed by atoms with Gasteiger partial charge < -0.3 is 4.74 Å². The Morgan fingerprint density at radius 3 is 2.50 bits per heavy atom. The number of methoxy groups -OCH3 is 1. The van der Waals surface area contributed by atoms with Crippen LogP contribution in [-0.2, 0) is 14.3 Å². The molecule has 0 heterocycles. The first-order chi connectivity index (χ1) is 5.70. The molecule has 0 rings (SSSR count). The third-order valence-electron chi connectivity index (χ3n) is 1.41. The van der Waals surface area contributed by atoms with Crippen molar-refractivity contribution in [1.29, 1.82) is 0 Å². The fourth-order valence-corrected chi connectivity index (χ4v) is 1.13. The molecule has 0 bridgehead atoms. The minimum absolute atomic E-state index is 0.0391. The van der Waals surface area contributed by atoms with E-state index in [2.05, 4.69) is 20.7 Å². The van der Waals surface area contributed by atoms with Crippen molar-refractivity contribution in [2.45, 2.75) is 25.7 Å². The molecule has 0 aromatic carbocycles. The number of carbonyl (C=O) groups is 2. The van der Waals surface area contributed by atoms with Crippen molar-refractivity contribution in [2.75, 3.05) is 12.4 Å². The zero-order valence-corrected chi connectivity index (χ0v) is 8.72. The Bertz CT molecular complexity index is 156. The summed E-state index contributed by atoms with van der Waals surface area (Å²) in [5.41, 5.74) is 0. The molecule has 0 aliphatic carbocycles. The maximum Gasteiger partial charge on any atom is 0.313 e. The maximum absolute atomic E-state index is 11.0. The van der Waals surface area contributed by atoms with E-state index in [0.29, 0.717) is 6.42 Å². The number of carbonyl (C=O) groups excluding carboxylic acids is 2. The molecule has 0 aliphatic heterocycles. The normalized spacial score (nSPS) is 9.50. The molecule has 0 unspecified atom stereocenters. The monoisotopic (exact) mass is 236 g/mol. The number of Topliss-reactive ketones (excluding diaryl/α,β-unsaturated/α-hetero) is 1. The van der Waals surface area contributed by atoms with Crippen LogP contribution in [0.4, 0.5) is 0 Å². The number of ether oxygens (including phenoxy) is 1. The Labute approximate surface area is 80.6 Å². The Morgan fingerprint density at radius 1 is 1.33 bits per heavy atom. The van der Waals surface area contributed by atoms with Crippen molar-refractivity contribution in [1.82, 2.24) is 0 Å². The smallest absolute Gasteiger partial charge is 0.313 e. The fraction of sp³-hybridized carbons (Fsp3) is 0.750. The predicted molar refractivity (Wildman–Crippen MR) is 49.3 cm³/mol. The minimum atomic E-state index is -0.446. The molecule has 0 aromatic heterocycles. The first-order valence-corrected chi connectivity index (χ1v) is 4.97. The molecule has 12 heavy (non-hydrogen) atoms. The van der Waals surface area contributed by atoms with Gasteiger partial charge >= 0.3 is 5.97 Å². The van der Waals surface area contributed by atoms with Crippen LogP contribution in [0.3, 0.4) is 0 Å². The summed E-state index contributed by atoms with van der Waals surface area (Å²) in [5.74, 6) is -0.485. The van der Waals surface area contributed by atoms with E-state index in [1.165, 1.54) is 7.11 Å². The highest BCUT2D eigenvalue weighted by Gasteiger charge is 2.08. The van der Waals surface area contributed by atoms with Crippen molar-refractivity contribution < 1.29 is 14.3 Å². The lowest BCUT2D eigenvalue weighted by molar-refractivity contribution is -0.143. The Kier molecular flexibility index (Phi) is 7.05. The summed E-state index contributed by atoms with van der Waals surface area (Å²) in [6.45, 7) is 0. The largest absolute Gasteiger partial charge is 0.469 e. The van der Waals surface area contributed by atoms with Crippen molar-refractivity contribution in [3.63, 3.8) is 0 Å². The number of hydrogen-bond acceptors (Lipinski definition) is 3. The number of esters is 1. The second-order valence-electron chi connectivity index (χ2n) is 2.44. The van der Waals surface area contributed by atoms with E-state index >= 15 is 0 Å². The topological polar surface area (TPSA) is 43.4 Å². The lowest BCUT2D eigenvalue weighted by Crippen LogP contribution is -2.08. The standard InChI is InChI=1S/C8H13BrO3/c1-12-8(11)6-7(10)4-2-3-5-9/h2-6H2,1H3. The van der Waals surface area contributed by atoms with Crippen molar-refractivity contribution in [3.8, 4) is 0 Å². The number of rotatable bonds is 6. The van der Waals surface area contributed by atoms with Crippen molar-refractivity contribution >= 4 is 27.7 Å². The van der Waals surface area contributed by atoms with E-state index < -0.39 is 5.97 Å². The molecule has 3 nitrogen and oxygen atoms in total. The molecular weight excluding hydrogens is 224 g/mol. The van der Waals surface area contributed by atoms with Gasteiger partial charge in [0.1, 0.15) is 12.2 Å². The lowest BCUT2D eigenvalue weighted by atomic mass is 10.1. The van der Waals surface area contributed by atoms with Crippen LogP contribution in [0.1, 0.15) is 25.7 Å². The van der Waals surface area contributed by atoms with E-state index in [4.69, 9.17) is 0 Å². The predicted octanol–water partition coefficient (Wildman–Crippen LogP) is 1.68. The third-order valence-corrected chi connectivity index (χ3v) is 1.97. The van der Waals surface area contributed by atoms with Gasteiger partial charge in [0.15, 0.2) is 0 Å². The van der Waals surface area contributed by atoms with Gasteiger partial charge in [0.25, 0.3) is 0 Å². The summed E-state index contributed by atoms with van der Waals surface area (Å²) in [4.78, 5) is 21.6. The molecule has 4 heteroatoms. The summed E-state index contributed by atoms with van der Waals surface area (Å²) in [5, 5.41) is 0.901. The Morgan fingerprint density at radius 2 is 2.00 bits per heavy atom. The summed E-state index contributed by atoms with van der Waals surface area (Å²) in [6, 6.07) is 0. The Balaban J connectivity index is 3.40. The molecule has 0 aliphatic rings. The van der Waals surface area contributed by atoms with Crippen LogP contribution in [0.5, 0.6) is 0 Å². The average molecular weight is 237 g/mol. The summed E-state index contributed by atoms with van der Waals surface area (Å²) in [6.07, 6.45) is 2.19. The van der Waals surface area contributed by atoms with E-state index in [0.717, 1.165) is 18.2 Å². The summed E-state index contributed by atoms with van der Waals surface area (Å²) >= 11 is 3.26. The zero-order valence-electron chi connectivity index (χ0n) is 7.14. The molecule has 0 spiro atoms. The van der Waals surface area contributed by atoms with Crippen LogP contribution in [-0.4, -0.2) is 24.2 Å². The first-order valence-electron chi connectivity index (χ1n) is 3.85.